The van der Waals surface area contributed by atoms with Crippen LogP contribution in [0.3, 0.4) is 0 Å². The summed E-state index contributed by atoms with van der Waals surface area (Å²) in [6, 6.07) is 8.21. The third kappa shape index (κ3) is 5.82. The summed E-state index contributed by atoms with van der Waals surface area (Å²) < 4.78 is 6.66. The number of carbonyl (C=O) groups is 1. The molecule has 39 heavy (non-hydrogen) atoms. The molecule has 1 N–H and O–H groups in total. The van der Waals surface area contributed by atoms with Crippen LogP contribution in [-0.4, -0.2) is 66.0 Å². The van der Waals surface area contributed by atoms with Crippen LogP contribution in [0.25, 0.3) is 0 Å². The molecule has 2 aromatic rings. The number of amides is 1. The predicted molar refractivity (Wildman–Crippen MR) is 155 cm³/mol. The van der Waals surface area contributed by atoms with Crippen LogP contribution in [-0.2, 0) is 20.4 Å². The monoisotopic (exact) mass is 534 g/mol. The van der Waals surface area contributed by atoms with Gasteiger partial charge in [0.25, 0.3) is 0 Å². The quantitative estimate of drug-likeness (QED) is 0.561. The fraction of sp³-hybridized carbons (Fsp3) is 0.677. The Labute approximate surface area is 233 Å². The summed E-state index contributed by atoms with van der Waals surface area (Å²) in [6.45, 7) is 19.0. The second kappa shape index (κ2) is 10.4. The molecule has 1 unspecified atom stereocenters. The third-order valence-electron chi connectivity index (χ3n) is 8.78. The number of nitrogens with one attached hydrogen (secondary N) is 1. The van der Waals surface area contributed by atoms with Gasteiger partial charge in [-0.1, -0.05) is 48.5 Å². The molecular formula is C31H46N6O2. The molecule has 8 heteroatoms. The number of hydrogen-bond donors (Lipinski definition) is 1. The lowest BCUT2D eigenvalue weighted by atomic mass is 9.88. The summed E-state index contributed by atoms with van der Waals surface area (Å²) in [7, 11) is 0. The zero-order valence-electron chi connectivity index (χ0n) is 24.8. The fourth-order valence-electron chi connectivity index (χ4n) is 5.93. The Morgan fingerprint density at radius 1 is 1.05 bits per heavy atom. The zero-order chi connectivity index (χ0) is 28.0. The Hall–Kier alpha value is -2.58. The second-order valence-electron chi connectivity index (χ2n) is 13.9. The Kier molecular flexibility index (Phi) is 7.48. The van der Waals surface area contributed by atoms with Crippen LogP contribution in [0.1, 0.15) is 79.1 Å². The van der Waals surface area contributed by atoms with E-state index in [2.05, 4.69) is 87.1 Å². The highest BCUT2D eigenvalue weighted by atomic mass is 16.5. The molecule has 2 atom stereocenters. The molecule has 4 heterocycles. The van der Waals surface area contributed by atoms with Gasteiger partial charge in [0.05, 0.1) is 36.3 Å². The number of hydrogen-bond acceptors (Lipinski definition) is 7. The minimum absolute atomic E-state index is 0.00530. The molecule has 1 amide bonds. The highest BCUT2D eigenvalue weighted by Crippen LogP contribution is 2.54. The van der Waals surface area contributed by atoms with E-state index in [0.29, 0.717) is 13.2 Å². The number of ether oxygens (including phenoxy) is 1. The Morgan fingerprint density at radius 3 is 2.38 bits per heavy atom. The van der Waals surface area contributed by atoms with Gasteiger partial charge >= 0.3 is 0 Å². The summed E-state index contributed by atoms with van der Waals surface area (Å²) in [5, 5.41) is 12.4. The van der Waals surface area contributed by atoms with Crippen molar-refractivity contribution < 1.29 is 9.53 Å². The van der Waals surface area contributed by atoms with Crippen molar-refractivity contribution in [2.75, 3.05) is 42.6 Å². The van der Waals surface area contributed by atoms with Gasteiger partial charge in [-0.2, -0.15) is 5.10 Å². The molecule has 3 fully saturated rings. The molecule has 1 aliphatic carbocycles. The number of carbonyl (C=O) groups excluding carboxylic acids is 1. The molecule has 3 aliphatic rings. The van der Waals surface area contributed by atoms with Crippen LogP contribution in [0.15, 0.2) is 30.5 Å². The minimum atomic E-state index is -0.228. The number of pyridine rings is 1. The van der Waals surface area contributed by atoms with E-state index in [0.717, 1.165) is 48.9 Å². The molecule has 5 rings (SSSR count). The van der Waals surface area contributed by atoms with E-state index >= 15 is 0 Å². The molecule has 1 saturated carbocycles. The van der Waals surface area contributed by atoms with Crippen molar-refractivity contribution in [2.45, 2.75) is 90.7 Å². The molecule has 2 aliphatic heterocycles. The van der Waals surface area contributed by atoms with E-state index < -0.39 is 0 Å². The number of aromatic nitrogens is 3. The van der Waals surface area contributed by atoms with Crippen molar-refractivity contribution in [3.8, 4) is 0 Å². The maximum absolute atomic E-state index is 13.0. The third-order valence-corrected chi connectivity index (χ3v) is 8.78. The lowest BCUT2D eigenvalue weighted by Crippen LogP contribution is -2.57. The molecule has 2 saturated heterocycles. The lowest BCUT2D eigenvalue weighted by molar-refractivity contribution is -0.122. The first-order chi connectivity index (χ1) is 18.4. The molecule has 0 radical (unpaired) electrons. The van der Waals surface area contributed by atoms with Crippen molar-refractivity contribution in [3.05, 3.63) is 41.9 Å². The number of piperidine rings is 1. The Bertz CT molecular complexity index is 1150. The van der Waals surface area contributed by atoms with Crippen molar-refractivity contribution in [1.82, 2.24) is 20.5 Å². The molecule has 212 valence electrons. The van der Waals surface area contributed by atoms with Crippen LogP contribution in [0, 0.1) is 11.3 Å². The largest absolute Gasteiger partial charge is 0.377 e. The van der Waals surface area contributed by atoms with Crippen LogP contribution in [0.5, 0.6) is 0 Å². The van der Waals surface area contributed by atoms with Gasteiger partial charge in [0.1, 0.15) is 0 Å². The van der Waals surface area contributed by atoms with E-state index in [-0.39, 0.29) is 40.2 Å². The minimum Gasteiger partial charge on any atom is -0.377 e. The first-order valence-electron chi connectivity index (χ1n) is 14.6. The van der Waals surface area contributed by atoms with Gasteiger partial charge < -0.3 is 19.9 Å². The summed E-state index contributed by atoms with van der Waals surface area (Å²) in [5.74, 6) is 1.36. The normalized spacial score (nSPS) is 23.5. The van der Waals surface area contributed by atoms with E-state index in [1.807, 2.05) is 17.2 Å². The van der Waals surface area contributed by atoms with Gasteiger partial charge in [0.15, 0.2) is 5.82 Å². The summed E-state index contributed by atoms with van der Waals surface area (Å²) in [6.07, 6.45) is 5.49. The van der Waals surface area contributed by atoms with Gasteiger partial charge in [0, 0.05) is 48.1 Å². The maximum Gasteiger partial charge on any atom is 0.244 e. The van der Waals surface area contributed by atoms with Gasteiger partial charge in [-0.3, -0.25) is 9.78 Å². The Balaban J connectivity index is 1.19. The van der Waals surface area contributed by atoms with E-state index in [9.17, 15) is 4.79 Å². The number of rotatable bonds is 7. The second-order valence-corrected chi connectivity index (χ2v) is 13.9. The summed E-state index contributed by atoms with van der Waals surface area (Å²) in [5.41, 5.74) is 2.88. The molecule has 0 aromatic carbocycles. The molecular weight excluding hydrogens is 488 g/mol. The van der Waals surface area contributed by atoms with Crippen molar-refractivity contribution >= 4 is 17.4 Å². The molecule has 1 spiro atoms. The van der Waals surface area contributed by atoms with Crippen LogP contribution < -0.4 is 15.1 Å². The average Bonchev–Trinajstić information content (AvgIpc) is 3.67. The van der Waals surface area contributed by atoms with E-state index in [1.54, 1.807) is 0 Å². The maximum atomic E-state index is 13.0. The highest BCUT2D eigenvalue weighted by Gasteiger charge is 2.53. The topological polar surface area (TPSA) is 83.5 Å². The van der Waals surface area contributed by atoms with Crippen LogP contribution in [0.4, 0.5) is 11.5 Å². The van der Waals surface area contributed by atoms with Crippen molar-refractivity contribution in [1.29, 1.82) is 0 Å². The predicted octanol–water partition coefficient (Wildman–Crippen LogP) is 4.48. The summed E-state index contributed by atoms with van der Waals surface area (Å²) in [4.78, 5) is 22.0. The number of nitrogens with zero attached hydrogens (tertiary/aromatic N) is 5. The first kappa shape index (κ1) is 28.0. The van der Waals surface area contributed by atoms with Gasteiger partial charge in [0.2, 0.25) is 5.91 Å². The Morgan fingerprint density at radius 2 is 1.79 bits per heavy atom. The van der Waals surface area contributed by atoms with Gasteiger partial charge in [-0.15, -0.1) is 5.10 Å². The van der Waals surface area contributed by atoms with Gasteiger partial charge in [-0.25, -0.2) is 0 Å². The SMILES string of the molecule is CC(C)C1NCCN(c2ccc(C(C)(C)CO[C@H]3CCN(c4ccc(C(C)(C)C)nn4)CC34CC4)nc2)C1=O. The highest BCUT2D eigenvalue weighted by molar-refractivity contribution is 5.98. The van der Waals surface area contributed by atoms with Crippen molar-refractivity contribution in [3.63, 3.8) is 0 Å². The molecule has 0 bridgehead atoms. The van der Waals surface area contributed by atoms with E-state index in [4.69, 9.17) is 9.72 Å². The lowest BCUT2D eigenvalue weighted by Gasteiger charge is -2.40. The average molecular weight is 535 g/mol. The fourth-order valence-corrected chi connectivity index (χ4v) is 5.93. The standard InChI is InChI=1S/C31H46N6O2/c1-21(2)27-28(38)37(17-15-32-27)22-8-9-24(33-18-22)30(6,7)20-39-25-12-16-36(19-31(25)13-14-31)26-11-10-23(34-35-26)29(3,4)5/h8-11,18,21,25,27,32H,12-17,19-20H2,1-7H3/t25-,27?/m0/s1. The van der Waals surface area contributed by atoms with Crippen LogP contribution >= 0.6 is 0 Å². The molecule has 8 nitrogen and oxygen atoms in total. The number of anilines is 2. The first-order valence-corrected chi connectivity index (χ1v) is 14.6. The smallest absolute Gasteiger partial charge is 0.244 e. The van der Waals surface area contributed by atoms with Crippen molar-refractivity contribution in [2.24, 2.45) is 11.3 Å². The van der Waals surface area contributed by atoms with Crippen LogP contribution in [0.2, 0.25) is 0 Å². The van der Waals surface area contributed by atoms with E-state index in [1.165, 1.54) is 12.8 Å². The zero-order valence-corrected chi connectivity index (χ0v) is 24.8. The summed E-state index contributed by atoms with van der Waals surface area (Å²) >= 11 is 0. The van der Waals surface area contributed by atoms with Gasteiger partial charge in [-0.05, 0) is 49.4 Å². The number of piperazine rings is 1. The molecule has 2 aromatic heterocycles.